The lowest BCUT2D eigenvalue weighted by Gasteiger charge is -2.33. The maximum Gasteiger partial charge on any atom is 0.309 e. The summed E-state index contributed by atoms with van der Waals surface area (Å²) in [5.74, 6) is -1.15. The molecule has 30 heavy (non-hydrogen) atoms. The molecule has 4 N–H and O–H groups in total. The van der Waals surface area contributed by atoms with Gasteiger partial charge in [0.05, 0.1) is 19.7 Å². The number of amides is 2. The number of carbonyl (C=O) groups is 2. The van der Waals surface area contributed by atoms with Crippen molar-refractivity contribution in [2.75, 3.05) is 71.9 Å². The molecule has 8 heteroatoms. The standard InChI is InChI=1S/C22H35N5O3/c1-25(2)18-8-6-17(7-9-18)20(27-12-10-26(3)11-13-27)16-24-22(29)21(28)23-15-19-5-4-14-30-19/h6-9,19-20H,4-5,10-16H2,1-3H3,(H,23,28)(H,24,29)/p+2/t19-,20+/m1/s1. The van der Waals surface area contributed by atoms with Crippen LogP contribution in [-0.4, -0.2) is 84.9 Å². The summed E-state index contributed by atoms with van der Waals surface area (Å²) in [6.45, 7) is 5.89. The van der Waals surface area contributed by atoms with Gasteiger partial charge in [0.2, 0.25) is 0 Å². The van der Waals surface area contributed by atoms with Crippen molar-refractivity contribution in [3.63, 3.8) is 0 Å². The third-order valence-electron chi connectivity index (χ3n) is 6.24. The van der Waals surface area contributed by atoms with Crippen molar-refractivity contribution in [3.8, 4) is 0 Å². The first kappa shape index (κ1) is 22.5. The summed E-state index contributed by atoms with van der Waals surface area (Å²) in [5, 5.41) is 5.57. The monoisotopic (exact) mass is 419 g/mol. The van der Waals surface area contributed by atoms with Crippen molar-refractivity contribution in [2.24, 2.45) is 0 Å². The summed E-state index contributed by atoms with van der Waals surface area (Å²) in [6, 6.07) is 8.63. The molecular weight excluding hydrogens is 382 g/mol. The summed E-state index contributed by atoms with van der Waals surface area (Å²) in [7, 11) is 6.27. The van der Waals surface area contributed by atoms with E-state index in [-0.39, 0.29) is 12.1 Å². The van der Waals surface area contributed by atoms with Gasteiger partial charge in [0.15, 0.2) is 0 Å². The lowest BCUT2D eigenvalue weighted by Crippen LogP contribution is -3.27. The van der Waals surface area contributed by atoms with E-state index >= 15 is 0 Å². The first-order valence-corrected chi connectivity index (χ1v) is 11.0. The van der Waals surface area contributed by atoms with E-state index in [1.54, 1.807) is 0 Å². The molecule has 8 nitrogen and oxygen atoms in total. The third kappa shape index (κ3) is 6.17. The van der Waals surface area contributed by atoms with Crippen LogP contribution in [0.4, 0.5) is 5.69 Å². The van der Waals surface area contributed by atoms with E-state index in [9.17, 15) is 9.59 Å². The molecule has 2 heterocycles. The van der Waals surface area contributed by atoms with Crippen LogP contribution in [0, 0.1) is 0 Å². The number of anilines is 1. The first-order valence-electron chi connectivity index (χ1n) is 11.0. The highest BCUT2D eigenvalue weighted by molar-refractivity contribution is 6.35. The maximum atomic E-state index is 12.4. The number of piperazine rings is 1. The number of quaternary nitrogens is 2. The van der Waals surface area contributed by atoms with Crippen LogP contribution in [0.3, 0.4) is 0 Å². The summed E-state index contributed by atoms with van der Waals surface area (Å²) in [4.78, 5) is 29.6. The smallest absolute Gasteiger partial charge is 0.309 e. The minimum atomic E-state index is -0.579. The molecule has 2 fully saturated rings. The molecule has 2 amide bonds. The topological polar surface area (TPSA) is 79.5 Å². The molecule has 2 atom stereocenters. The van der Waals surface area contributed by atoms with Gasteiger partial charge in [0.1, 0.15) is 32.2 Å². The van der Waals surface area contributed by atoms with E-state index in [4.69, 9.17) is 4.74 Å². The Morgan fingerprint density at radius 3 is 2.37 bits per heavy atom. The van der Waals surface area contributed by atoms with E-state index < -0.39 is 11.8 Å². The minimum Gasteiger partial charge on any atom is -0.378 e. The second kappa shape index (κ2) is 10.7. The fourth-order valence-corrected chi connectivity index (χ4v) is 4.22. The highest BCUT2D eigenvalue weighted by Crippen LogP contribution is 2.16. The van der Waals surface area contributed by atoms with Crippen molar-refractivity contribution in [3.05, 3.63) is 29.8 Å². The van der Waals surface area contributed by atoms with Gasteiger partial charge in [-0.25, -0.2) is 0 Å². The zero-order chi connectivity index (χ0) is 21.5. The highest BCUT2D eigenvalue weighted by Gasteiger charge is 2.30. The Bertz CT molecular complexity index is 695. The molecule has 1 aromatic carbocycles. The van der Waals surface area contributed by atoms with Crippen molar-refractivity contribution in [1.29, 1.82) is 0 Å². The predicted octanol–water partition coefficient (Wildman–Crippen LogP) is -2.38. The van der Waals surface area contributed by atoms with Crippen LogP contribution in [0.5, 0.6) is 0 Å². The van der Waals surface area contributed by atoms with Crippen LogP contribution >= 0.6 is 0 Å². The van der Waals surface area contributed by atoms with Gasteiger partial charge in [-0.3, -0.25) is 9.59 Å². The van der Waals surface area contributed by atoms with E-state index in [0.717, 1.165) is 51.3 Å². The second-order valence-corrected chi connectivity index (χ2v) is 8.71. The number of carbonyl (C=O) groups excluding carboxylic acids is 2. The molecule has 0 bridgehead atoms. The molecule has 2 aliphatic heterocycles. The number of nitrogens with zero attached hydrogens (tertiary/aromatic N) is 1. The van der Waals surface area contributed by atoms with Crippen molar-refractivity contribution >= 4 is 17.5 Å². The number of benzene rings is 1. The van der Waals surface area contributed by atoms with Crippen LogP contribution < -0.4 is 25.3 Å². The fourth-order valence-electron chi connectivity index (χ4n) is 4.22. The van der Waals surface area contributed by atoms with Crippen molar-refractivity contribution < 1.29 is 24.1 Å². The van der Waals surface area contributed by atoms with Gasteiger partial charge in [0.25, 0.3) is 0 Å². The third-order valence-corrected chi connectivity index (χ3v) is 6.24. The largest absolute Gasteiger partial charge is 0.378 e. The first-order chi connectivity index (χ1) is 14.4. The lowest BCUT2D eigenvalue weighted by atomic mass is 10.0. The highest BCUT2D eigenvalue weighted by atomic mass is 16.5. The van der Waals surface area contributed by atoms with Crippen LogP contribution in [0.15, 0.2) is 24.3 Å². The normalized spacial score (nSPS) is 24.8. The summed E-state index contributed by atoms with van der Waals surface area (Å²) >= 11 is 0. The Hall–Kier alpha value is -2.16. The number of hydrogen-bond acceptors (Lipinski definition) is 4. The average Bonchev–Trinajstić information content (AvgIpc) is 3.27. The molecule has 3 rings (SSSR count). The molecule has 2 aliphatic rings. The summed E-state index contributed by atoms with van der Waals surface area (Å²) in [5.41, 5.74) is 2.34. The Labute approximate surface area is 179 Å². The van der Waals surface area contributed by atoms with E-state index in [0.29, 0.717) is 13.1 Å². The maximum absolute atomic E-state index is 12.4. The molecule has 0 aliphatic carbocycles. The zero-order valence-corrected chi connectivity index (χ0v) is 18.5. The average molecular weight is 420 g/mol. The van der Waals surface area contributed by atoms with Gasteiger partial charge in [-0.1, -0.05) is 12.1 Å². The van der Waals surface area contributed by atoms with Crippen molar-refractivity contribution in [1.82, 2.24) is 10.6 Å². The Balaban J connectivity index is 1.60. The Kier molecular flexibility index (Phi) is 8.07. The summed E-state index contributed by atoms with van der Waals surface area (Å²) in [6.07, 6.45) is 1.97. The number of rotatable bonds is 7. The van der Waals surface area contributed by atoms with Crippen LogP contribution in [0.25, 0.3) is 0 Å². The molecular formula is C22H37N5O3+2. The van der Waals surface area contributed by atoms with Gasteiger partial charge in [-0.05, 0) is 25.0 Å². The Morgan fingerprint density at radius 2 is 1.77 bits per heavy atom. The van der Waals surface area contributed by atoms with Gasteiger partial charge < -0.3 is 30.1 Å². The van der Waals surface area contributed by atoms with Crippen molar-refractivity contribution in [2.45, 2.75) is 25.0 Å². The van der Waals surface area contributed by atoms with Crippen LogP contribution in [0.2, 0.25) is 0 Å². The van der Waals surface area contributed by atoms with Gasteiger partial charge in [-0.2, -0.15) is 0 Å². The van der Waals surface area contributed by atoms with Gasteiger partial charge in [-0.15, -0.1) is 0 Å². The summed E-state index contributed by atoms with van der Waals surface area (Å²) < 4.78 is 5.50. The molecule has 0 unspecified atom stereocenters. The molecule has 2 saturated heterocycles. The van der Waals surface area contributed by atoms with E-state index in [2.05, 4.69) is 46.8 Å². The lowest BCUT2D eigenvalue weighted by molar-refractivity contribution is -1.02. The van der Waals surface area contributed by atoms with Gasteiger partial charge in [0, 0.05) is 38.5 Å². The second-order valence-electron chi connectivity index (χ2n) is 8.71. The zero-order valence-electron chi connectivity index (χ0n) is 18.5. The van der Waals surface area contributed by atoms with Gasteiger partial charge >= 0.3 is 11.8 Å². The minimum absolute atomic E-state index is 0.0296. The van der Waals surface area contributed by atoms with Crippen LogP contribution in [-0.2, 0) is 14.3 Å². The molecule has 0 radical (unpaired) electrons. The van der Waals surface area contributed by atoms with E-state index in [1.807, 2.05) is 14.1 Å². The SMILES string of the molecule is CN(C)c1ccc([C@H](CNC(=O)C(=O)NC[C@H]2CCCO2)[NH+]2CC[NH+](C)CC2)cc1. The number of likely N-dealkylation sites (N-methyl/N-ethyl adjacent to an activating group) is 1. The number of ether oxygens (including phenoxy) is 1. The number of hydrogen-bond donors (Lipinski definition) is 4. The molecule has 0 aromatic heterocycles. The molecule has 166 valence electrons. The van der Waals surface area contributed by atoms with Crippen LogP contribution in [0.1, 0.15) is 24.4 Å². The number of nitrogens with one attached hydrogen (secondary N) is 4. The predicted molar refractivity (Wildman–Crippen MR) is 116 cm³/mol. The molecule has 0 saturated carbocycles. The quantitative estimate of drug-likeness (QED) is 0.372. The molecule has 1 aromatic rings. The fraction of sp³-hybridized carbons (Fsp3) is 0.636. The Morgan fingerprint density at radius 1 is 1.10 bits per heavy atom. The van der Waals surface area contributed by atoms with E-state index in [1.165, 1.54) is 15.4 Å². The molecule has 0 spiro atoms.